The molecule has 3 aromatic heterocycles. The van der Waals surface area contributed by atoms with Gasteiger partial charge >= 0.3 is 0 Å². The van der Waals surface area contributed by atoms with E-state index in [1.165, 1.54) is 16.8 Å². The minimum Gasteiger partial charge on any atom is -0.452 e. The van der Waals surface area contributed by atoms with Crippen LogP contribution >= 0.6 is 0 Å². The van der Waals surface area contributed by atoms with E-state index >= 15 is 0 Å². The molecule has 156 valence electrons. The van der Waals surface area contributed by atoms with E-state index < -0.39 is 0 Å². The fourth-order valence-corrected chi connectivity index (χ4v) is 4.85. The molecule has 7 rings (SSSR count). The second-order valence-electron chi connectivity index (χ2n) is 8.15. The molecule has 3 nitrogen and oxygen atoms in total. The van der Waals surface area contributed by atoms with E-state index in [0.717, 1.165) is 38.9 Å². The smallest absolute Gasteiger partial charge is 0.171 e. The third-order valence-corrected chi connectivity index (χ3v) is 6.30. The lowest BCUT2D eigenvalue weighted by atomic mass is 10.1. The Labute approximate surface area is 188 Å². The van der Waals surface area contributed by atoms with Crippen molar-refractivity contribution in [1.82, 2.24) is 9.55 Å². The van der Waals surface area contributed by atoms with E-state index in [4.69, 9.17) is 9.40 Å². The summed E-state index contributed by atoms with van der Waals surface area (Å²) in [6, 6.07) is 33.6. The van der Waals surface area contributed by atoms with Crippen LogP contribution in [0.25, 0.3) is 60.8 Å². The van der Waals surface area contributed by atoms with Gasteiger partial charge in [0.05, 0.1) is 16.7 Å². The van der Waals surface area contributed by atoms with E-state index in [0.29, 0.717) is 5.58 Å². The lowest BCUT2D eigenvalue weighted by Crippen LogP contribution is -1.98. The van der Waals surface area contributed by atoms with Crippen LogP contribution in [-0.4, -0.2) is 9.55 Å². The second-order valence-corrected chi connectivity index (χ2v) is 8.15. The number of hydrogen-bond donors (Lipinski definition) is 0. The van der Waals surface area contributed by atoms with Gasteiger partial charge in [0.1, 0.15) is 11.4 Å². The molecule has 0 N–H and O–H groups in total. The number of hydrogen-bond acceptors (Lipinski definition) is 2. The van der Waals surface area contributed by atoms with Crippen molar-refractivity contribution in [3.05, 3.63) is 109 Å². The van der Waals surface area contributed by atoms with Gasteiger partial charge in [-0.25, -0.2) is 9.37 Å². The van der Waals surface area contributed by atoms with Gasteiger partial charge in [-0.05, 0) is 36.4 Å². The summed E-state index contributed by atoms with van der Waals surface area (Å²) in [6.07, 6.45) is 0. The highest BCUT2D eigenvalue weighted by atomic mass is 19.1. The molecule has 0 fully saturated rings. The van der Waals surface area contributed by atoms with Gasteiger partial charge in [-0.15, -0.1) is 0 Å². The van der Waals surface area contributed by atoms with Crippen LogP contribution in [-0.2, 0) is 0 Å². The molecule has 3 heterocycles. The van der Waals surface area contributed by atoms with Crippen molar-refractivity contribution in [2.24, 2.45) is 0 Å². The zero-order chi connectivity index (χ0) is 21.9. The number of para-hydroxylation sites is 4. The number of halogens is 1. The molecule has 0 aliphatic heterocycles. The molecule has 7 aromatic rings. The first-order valence-corrected chi connectivity index (χ1v) is 10.9. The quantitative estimate of drug-likeness (QED) is 0.280. The summed E-state index contributed by atoms with van der Waals surface area (Å²) in [5.74, 6) is 0.464. The number of benzene rings is 4. The summed E-state index contributed by atoms with van der Waals surface area (Å²) in [5.41, 5.74) is 4.74. The van der Waals surface area contributed by atoms with Gasteiger partial charge in [0, 0.05) is 27.1 Å². The summed E-state index contributed by atoms with van der Waals surface area (Å²) in [7, 11) is 0. The molecule has 0 aliphatic rings. The van der Waals surface area contributed by atoms with Gasteiger partial charge in [-0.2, -0.15) is 0 Å². The van der Waals surface area contributed by atoms with Gasteiger partial charge in [-0.1, -0.05) is 66.7 Å². The largest absolute Gasteiger partial charge is 0.452 e. The lowest BCUT2D eigenvalue weighted by Gasteiger charge is -2.09. The maximum Gasteiger partial charge on any atom is 0.171 e. The molecule has 0 saturated carbocycles. The third kappa shape index (κ3) is 2.58. The van der Waals surface area contributed by atoms with Gasteiger partial charge in [0.25, 0.3) is 0 Å². The number of fused-ring (bicyclic) bond motifs is 6. The minimum absolute atomic E-state index is 0.276. The Hall–Kier alpha value is -4.44. The number of rotatable bonds is 2. The average molecular weight is 428 g/mol. The van der Waals surface area contributed by atoms with Crippen molar-refractivity contribution in [3.63, 3.8) is 0 Å². The predicted molar refractivity (Wildman–Crippen MR) is 131 cm³/mol. The molecule has 33 heavy (non-hydrogen) atoms. The number of pyridine rings is 1. The molecular formula is C29H17FN2O. The van der Waals surface area contributed by atoms with Crippen LogP contribution in [0.1, 0.15) is 0 Å². The fourth-order valence-electron chi connectivity index (χ4n) is 4.85. The Bertz CT molecular complexity index is 1790. The SMILES string of the molecule is Fc1cccc2c1oc1c(-c3cccc(-n4c5ccccc5c5ccccc54)n3)cccc12. The van der Waals surface area contributed by atoms with Gasteiger partial charge in [0.2, 0.25) is 0 Å². The molecule has 0 spiro atoms. The summed E-state index contributed by atoms with van der Waals surface area (Å²) >= 11 is 0. The van der Waals surface area contributed by atoms with Crippen molar-refractivity contribution in [3.8, 4) is 17.1 Å². The Morgan fingerprint density at radius 3 is 1.94 bits per heavy atom. The maximum absolute atomic E-state index is 14.4. The number of aromatic nitrogens is 2. The number of nitrogens with zero attached hydrogens (tertiary/aromatic N) is 2. The van der Waals surface area contributed by atoms with Crippen LogP contribution in [0, 0.1) is 5.82 Å². The van der Waals surface area contributed by atoms with Crippen LogP contribution < -0.4 is 0 Å². The van der Waals surface area contributed by atoms with Gasteiger partial charge in [-0.3, -0.25) is 4.57 Å². The fraction of sp³-hybridized carbons (Fsp3) is 0. The Morgan fingerprint density at radius 2 is 1.18 bits per heavy atom. The van der Waals surface area contributed by atoms with Crippen molar-refractivity contribution in [2.45, 2.75) is 0 Å². The topological polar surface area (TPSA) is 31.0 Å². The molecule has 0 amide bonds. The van der Waals surface area contributed by atoms with E-state index in [2.05, 4.69) is 41.0 Å². The van der Waals surface area contributed by atoms with Crippen LogP contribution in [0.15, 0.2) is 108 Å². The van der Waals surface area contributed by atoms with E-state index in [1.807, 2.05) is 54.6 Å². The standard InChI is InChI=1S/C29H17FN2O/c30-23-13-6-11-21-20-10-5-12-22(28(20)33-29(21)23)24-14-7-17-27(31-24)32-25-15-3-1-8-18(25)19-9-2-4-16-26(19)32/h1-17H. The molecule has 0 unspecified atom stereocenters. The molecule has 4 aromatic carbocycles. The van der Waals surface area contributed by atoms with Crippen molar-refractivity contribution in [2.75, 3.05) is 0 Å². The Kier molecular flexibility index (Phi) is 3.73. The zero-order valence-electron chi connectivity index (χ0n) is 17.5. The molecule has 0 radical (unpaired) electrons. The van der Waals surface area contributed by atoms with Gasteiger partial charge < -0.3 is 4.42 Å². The van der Waals surface area contributed by atoms with Crippen molar-refractivity contribution < 1.29 is 8.81 Å². The van der Waals surface area contributed by atoms with Crippen LogP contribution in [0.3, 0.4) is 0 Å². The molecule has 4 heteroatoms. The first-order valence-electron chi connectivity index (χ1n) is 10.9. The molecular weight excluding hydrogens is 411 g/mol. The molecule has 0 bridgehead atoms. The molecule has 0 saturated heterocycles. The number of furan rings is 1. The van der Waals surface area contributed by atoms with E-state index in [9.17, 15) is 4.39 Å². The summed E-state index contributed by atoms with van der Waals surface area (Å²) in [6.45, 7) is 0. The van der Waals surface area contributed by atoms with E-state index in [-0.39, 0.29) is 11.4 Å². The Morgan fingerprint density at radius 1 is 0.576 bits per heavy atom. The molecule has 0 aliphatic carbocycles. The van der Waals surface area contributed by atoms with Crippen LogP contribution in [0.2, 0.25) is 0 Å². The minimum atomic E-state index is -0.360. The Balaban J connectivity index is 1.50. The third-order valence-electron chi connectivity index (χ3n) is 6.30. The highest BCUT2D eigenvalue weighted by Gasteiger charge is 2.17. The lowest BCUT2D eigenvalue weighted by molar-refractivity contribution is 0.584. The predicted octanol–water partition coefficient (Wildman–Crippen LogP) is 7.88. The monoisotopic (exact) mass is 428 g/mol. The summed E-state index contributed by atoms with van der Waals surface area (Å²) in [5, 5.41) is 4.03. The first-order chi connectivity index (χ1) is 16.3. The zero-order valence-corrected chi connectivity index (χ0v) is 17.5. The van der Waals surface area contributed by atoms with Crippen molar-refractivity contribution >= 4 is 43.7 Å². The van der Waals surface area contributed by atoms with Crippen LogP contribution in [0.4, 0.5) is 4.39 Å². The average Bonchev–Trinajstić information content (AvgIpc) is 3.41. The highest BCUT2D eigenvalue weighted by Crippen LogP contribution is 2.37. The first kappa shape index (κ1) is 18.2. The molecule has 0 atom stereocenters. The highest BCUT2D eigenvalue weighted by molar-refractivity contribution is 6.10. The summed E-state index contributed by atoms with van der Waals surface area (Å²) in [4.78, 5) is 5.04. The van der Waals surface area contributed by atoms with Gasteiger partial charge in [0.15, 0.2) is 11.4 Å². The maximum atomic E-state index is 14.4. The normalized spacial score (nSPS) is 11.8. The van der Waals surface area contributed by atoms with Crippen molar-refractivity contribution in [1.29, 1.82) is 0 Å². The summed E-state index contributed by atoms with van der Waals surface area (Å²) < 4.78 is 22.6. The van der Waals surface area contributed by atoms with E-state index in [1.54, 1.807) is 6.07 Å². The van der Waals surface area contributed by atoms with Crippen LogP contribution in [0.5, 0.6) is 0 Å². The second kappa shape index (κ2) is 6.78.